The summed E-state index contributed by atoms with van der Waals surface area (Å²) in [6.07, 6.45) is 12.9. The van der Waals surface area contributed by atoms with Gasteiger partial charge in [-0.2, -0.15) is 0 Å². The minimum atomic E-state index is 0.217. The summed E-state index contributed by atoms with van der Waals surface area (Å²) in [7, 11) is 0. The second kappa shape index (κ2) is 4.06. The molecular formula is C14H15IO. The molecule has 0 atom stereocenters. The van der Waals surface area contributed by atoms with Crippen molar-refractivity contribution in [2.75, 3.05) is 4.43 Å². The first-order valence-corrected chi connectivity index (χ1v) is 8.59. The highest BCUT2D eigenvalue weighted by atomic mass is 127. The molecule has 2 heteroatoms. The third kappa shape index (κ3) is 1.67. The number of allylic oxidation sites excluding steroid dienone is 6. The first kappa shape index (κ1) is 10.6. The van der Waals surface area contributed by atoms with Gasteiger partial charge in [-0.1, -0.05) is 24.3 Å². The number of fused-ring (bicyclic) bond motifs is 1. The van der Waals surface area contributed by atoms with Crippen molar-refractivity contribution in [3.05, 3.63) is 35.5 Å². The second-order valence-corrected chi connectivity index (χ2v) is 7.10. The number of carbonyl (C=O) groups excluding carboxylic acids is 1. The Kier molecular flexibility index (Phi) is 2.70. The van der Waals surface area contributed by atoms with Gasteiger partial charge in [0.2, 0.25) is 0 Å². The molecule has 0 unspecified atom stereocenters. The molecule has 0 bridgehead atoms. The van der Waals surface area contributed by atoms with Gasteiger partial charge in [0.05, 0.1) is 0 Å². The standard InChI is InChI=1S/C14H15IO/c16-12-4-7-14(8-5-12)6-3-11-10-15-9-1-2-13(11)14/h1-3,6,9H,4-5,7-8,10H2. The zero-order valence-corrected chi connectivity index (χ0v) is 11.4. The van der Waals surface area contributed by atoms with E-state index >= 15 is 0 Å². The fourth-order valence-corrected chi connectivity index (χ4v) is 4.77. The summed E-state index contributed by atoms with van der Waals surface area (Å²) in [5.74, 6) is 0.449. The van der Waals surface area contributed by atoms with E-state index in [1.165, 1.54) is 10.0 Å². The molecule has 1 spiro atoms. The first-order valence-electron chi connectivity index (χ1n) is 5.82. The summed E-state index contributed by atoms with van der Waals surface area (Å²) >= 11 is 0.217. The molecular weight excluding hydrogens is 311 g/mol. The Bertz CT molecular complexity index is 441. The van der Waals surface area contributed by atoms with Gasteiger partial charge in [0.1, 0.15) is 5.78 Å². The minimum absolute atomic E-state index is 0.217. The molecule has 0 amide bonds. The predicted molar refractivity (Wildman–Crippen MR) is 76.2 cm³/mol. The summed E-state index contributed by atoms with van der Waals surface area (Å²) < 4.78 is 3.63. The normalized spacial score (nSPS) is 26.9. The highest BCUT2D eigenvalue weighted by molar-refractivity contribution is 14.2. The molecule has 0 saturated heterocycles. The van der Waals surface area contributed by atoms with Crippen LogP contribution < -0.4 is 0 Å². The van der Waals surface area contributed by atoms with Gasteiger partial charge in [-0.15, -0.1) is 20.7 Å². The Morgan fingerprint density at radius 3 is 2.81 bits per heavy atom. The molecule has 3 aliphatic rings. The maximum Gasteiger partial charge on any atom is 0.133 e. The van der Waals surface area contributed by atoms with Gasteiger partial charge in [0.15, 0.2) is 0 Å². The smallest absolute Gasteiger partial charge is 0.133 e. The largest absolute Gasteiger partial charge is 0.300 e. The lowest BCUT2D eigenvalue weighted by Crippen LogP contribution is -2.26. The Morgan fingerprint density at radius 2 is 2.00 bits per heavy atom. The third-order valence-corrected chi connectivity index (χ3v) is 6.02. The van der Waals surface area contributed by atoms with E-state index < -0.39 is 0 Å². The van der Waals surface area contributed by atoms with Gasteiger partial charge >= 0.3 is 0 Å². The van der Waals surface area contributed by atoms with Crippen LogP contribution in [0.1, 0.15) is 25.7 Å². The molecule has 0 aromatic carbocycles. The molecule has 0 radical (unpaired) electrons. The van der Waals surface area contributed by atoms with Crippen molar-refractivity contribution in [1.82, 2.24) is 0 Å². The van der Waals surface area contributed by atoms with Gasteiger partial charge in [0, 0.05) is 22.7 Å². The lowest BCUT2D eigenvalue weighted by atomic mass is 9.70. The number of rotatable bonds is 0. The summed E-state index contributed by atoms with van der Waals surface area (Å²) in [5, 5.41) is 0. The average Bonchev–Trinajstić information content (AvgIpc) is 2.51. The fraction of sp³-hybridized carbons (Fsp3) is 0.429. The number of Topliss-reactive ketones (excluding diaryl/α,β-unsaturated/α-hetero) is 1. The van der Waals surface area contributed by atoms with Crippen LogP contribution in [0.15, 0.2) is 35.5 Å². The van der Waals surface area contributed by atoms with Crippen LogP contribution in [-0.2, 0) is 4.79 Å². The van der Waals surface area contributed by atoms with Crippen LogP contribution in [0.5, 0.6) is 0 Å². The van der Waals surface area contributed by atoms with Gasteiger partial charge in [0.25, 0.3) is 0 Å². The Labute approximate surface area is 106 Å². The second-order valence-electron chi connectivity index (χ2n) is 4.74. The van der Waals surface area contributed by atoms with Crippen molar-refractivity contribution in [3.8, 4) is 0 Å². The Hall–Kier alpha value is -0.510. The molecule has 0 aromatic heterocycles. The van der Waals surface area contributed by atoms with Crippen LogP contribution >= 0.6 is 20.7 Å². The molecule has 0 N–H and O–H groups in total. The Morgan fingerprint density at radius 1 is 1.19 bits per heavy atom. The number of hydrogen-bond acceptors (Lipinski definition) is 1. The fourth-order valence-electron chi connectivity index (χ4n) is 2.87. The quantitative estimate of drug-likeness (QED) is 0.493. The van der Waals surface area contributed by atoms with Crippen LogP contribution in [-0.4, -0.2) is 14.2 Å². The van der Waals surface area contributed by atoms with Crippen molar-refractivity contribution < 1.29 is 4.79 Å². The average molecular weight is 326 g/mol. The molecule has 84 valence electrons. The van der Waals surface area contributed by atoms with Gasteiger partial charge in [-0.25, -0.2) is 0 Å². The predicted octanol–water partition coefficient (Wildman–Crippen LogP) is 3.33. The number of alkyl halides is 1. The summed E-state index contributed by atoms with van der Waals surface area (Å²) in [6.45, 7) is 0. The number of halogens is 1. The molecule has 1 heterocycles. The highest BCUT2D eigenvalue weighted by Crippen LogP contribution is 2.49. The zero-order chi connectivity index (χ0) is 11.0. The first-order chi connectivity index (χ1) is 7.80. The molecule has 1 nitrogen and oxygen atoms in total. The summed E-state index contributed by atoms with van der Waals surface area (Å²) in [5.41, 5.74) is 3.29. The van der Waals surface area contributed by atoms with E-state index in [4.69, 9.17) is 0 Å². The van der Waals surface area contributed by atoms with E-state index in [0.717, 1.165) is 25.7 Å². The lowest BCUT2D eigenvalue weighted by Gasteiger charge is -2.33. The molecule has 16 heavy (non-hydrogen) atoms. The SMILES string of the molecule is O=C1CCC2(C=CC3=C2C=CC=IC3)CC1. The molecule has 2 aliphatic carbocycles. The molecule has 1 fully saturated rings. The van der Waals surface area contributed by atoms with Gasteiger partial charge in [-0.05, 0) is 28.0 Å². The zero-order valence-electron chi connectivity index (χ0n) is 9.21. The maximum absolute atomic E-state index is 11.4. The molecule has 1 saturated carbocycles. The molecule has 0 aromatic rings. The Balaban J connectivity index is 1.96. The van der Waals surface area contributed by atoms with Crippen LogP contribution in [0.2, 0.25) is 0 Å². The van der Waals surface area contributed by atoms with E-state index in [-0.39, 0.29) is 26.1 Å². The van der Waals surface area contributed by atoms with Crippen LogP contribution in [0, 0.1) is 5.41 Å². The van der Waals surface area contributed by atoms with E-state index in [1.54, 1.807) is 5.57 Å². The summed E-state index contributed by atoms with van der Waals surface area (Å²) in [4.78, 5) is 11.4. The van der Waals surface area contributed by atoms with Crippen LogP contribution in [0.3, 0.4) is 0 Å². The molecule has 3 rings (SSSR count). The highest BCUT2D eigenvalue weighted by Gasteiger charge is 2.38. The maximum atomic E-state index is 11.4. The number of hydrogen-bond donors (Lipinski definition) is 0. The van der Waals surface area contributed by atoms with Gasteiger partial charge in [-0.3, -0.25) is 4.79 Å². The van der Waals surface area contributed by atoms with Crippen molar-refractivity contribution in [1.29, 1.82) is 0 Å². The number of carbonyl (C=O) groups is 1. The van der Waals surface area contributed by atoms with Crippen molar-refractivity contribution in [2.24, 2.45) is 5.41 Å². The monoisotopic (exact) mass is 326 g/mol. The van der Waals surface area contributed by atoms with Crippen molar-refractivity contribution in [2.45, 2.75) is 25.7 Å². The van der Waals surface area contributed by atoms with Crippen molar-refractivity contribution in [3.63, 3.8) is 0 Å². The van der Waals surface area contributed by atoms with Crippen LogP contribution in [0.25, 0.3) is 0 Å². The molecule has 1 aliphatic heterocycles. The number of ketones is 1. The van der Waals surface area contributed by atoms with Crippen LogP contribution in [0.4, 0.5) is 0 Å². The lowest BCUT2D eigenvalue weighted by molar-refractivity contribution is -0.121. The van der Waals surface area contributed by atoms with Gasteiger partial charge < -0.3 is 0 Å². The topological polar surface area (TPSA) is 17.1 Å². The van der Waals surface area contributed by atoms with E-state index in [2.05, 4.69) is 28.3 Å². The van der Waals surface area contributed by atoms with E-state index in [1.807, 2.05) is 0 Å². The van der Waals surface area contributed by atoms with E-state index in [0.29, 0.717) is 5.78 Å². The minimum Gasteiger partial charge on any atom is -0.300 e. The van der Waals surface area contributed by atoms with Crippen molar-refractivity contribution >= 4 is 30.5 Å². The third-order valence-electron chi connectivity index (χ3n) is 3.83. The van der Waals surface area contributed by atoms with E-state index in [9.17, 15) is 4.79 Å². The summed E-state index contributed by atoms with van der Waals surface area (Å²) in [6, 6.07) is 0.